The minimum Gasteiger partial charge on any atom is -0.455 e. The number of nitrogens with one attached hydrogen (secondary N) is 1. The molecule has 21 heavy (non-hydrogen) atoms. The molecule has 0 bridgehead atoms. The van der Waals surface area contributed by atoms with Gasteiger partial charge in [0.05, 0.1) is 5.69 Å². The Labute approximate surface area is 125 Å². The van der Waals surface area contributed by atoms with Gasteiger partial charge in [0.15, 0.2) is 5.75 Å². The lowest BCUT2D eigenvalue weighted by molar-refractivity contribution is 0.236. The fraction of sp³-hybridized carbons (Fsp3) is 0.0769. The van der Waals surface area contributed by atoms with E-state index in [1.165, 1.54) is 18.2 Å². The molecule has 0 radical (unpaired) electrons. The van der Waals surface area contributed by atoms with Crippen molar-refractivity contribution in [3.8, 4) is 11.5 Å². The third-order valence-corrected chi connectivity index (χ3v) is 3.64. The molecular formula is C13H10ClF2NO3S. The molecule has 0 atom stereocenters. The Bertz CT molecular complexity index is 720. The Morgan fingerprint density at radius 2 is 1.67 bits per heavy atom. The topological polar surface area (TPSA) is 55.4 Å². The Balaban J connectivity index is 2.27. The summed E-state index contributed by atoms with van der Waals surface area (Å²) in [6.07, 6.45) is 0. The van der Waals surface area contributed by atoms with E-state index in [0.29, 0.717) is 10.8 Å². The maximum Gasteiger partial charge on any atom is 0.355 e. The number of halogens is 3. The molecule has 112 valence electrons. The fourth-order valence-electron chi connectivity index (χ4n) is 1.47. The molecule has 2 rings (SSSR count). The summed E-state index contributed by atoms with van der Waals surface area (Å²) in [5.41, 5.74) is -0.0762. The van der Waals surface area contributed by atoms with Crippen LogP contribution in [0.25, 0.3) is 0 Å². The molecule has 0 saturated carbocycles. The molecule has 2 aromatic carbocycles. The highest BCUT2D eigenvalue weighted by Gasteiger charge is 2.25. The molecule has 0 aliphatic carbocycles. The smallest absolute Gasteiger partial charge is 0.355 e. The predicted molar refractivity (Wildman–Crippen MR) is 76.5 cm³/mol. The molecule has 0 saturated heterocycles. The first-order chi connectivity index (χ1) is 9.88. The van der Waals surface area contributed by atoms with Gasteiger partial charge in [0.25, 0.3) is 10.0 Å². The monoisotopic (exact) mass is 333 g/mol. The highest BCUT2D eigenvalue weighted by atomic mass is 35.5. The molecule has 2 aromatic rings. The zero-order valence-corrected chi connectivity index (χ0v) is 12.0. The van der Waals surface area contributed by atoms with Gasteiger partial charge in [-0.25, -0.2) is 8.42 Å². The fourth-order valence-corrected chi connectivity index (χ4v) is 2.16. The van der Waals surface area contributed by atoms with Crippen molar-refractivity contribution in [3.05, 3.63) is 53.6 Å². The van der Waals surface area contributed by atoms with Crippen LogP contribution in [0.5, 0.6) is 11.5 Å². The van der Waals surface area contributed by atoms with Crippen LogP contribution in [0.15, 0.2) is 48.5 Å². The van der Waals surface area contributed by atoms with Gasteiger partial charge < -0.3 is 4.74 Å². The molecule has 8 heteroatoms. The van der Waals surface area contributed by atoms with Gasteiger partial charge in [0, 0.05) is 5.02 Å². The number of anilines is 1. The lowest BCUT2D eigenvalue weighted by atomic mass is 10.3. The number of hydrogen-bond acceptors (Lipinski definition) is 3. The normalized spacial score (nSPS) is 11.4. The number of rotatable bonds is 5. The van der Waals surface area contributed by atoms with Crippen molar-refractivity contribution in [2.45, 2.75) is 5.76 Å². The SMILES string of the molecule is O=S(=O)(Nc1ccccc1Oc1ccc(Cl)cc1)C(F)F. The summed E-state index contributed by atoms with van der Waals surface area (Å²) in [6, 6.07) is 12.2. The zero-order chi connectivity index (χ0) is 15.5. The van der Waals surface area contributed by atoms with E-state index < -0.39 is 15.8 Å². The maximum absolute atomic E-state index is 12.4. The average Bonchev–Trinajstić information content (AvgIpc) is 2.43. The van der Waals surface area contributed by atoms with Crippen LogP contribution in [-0.4, -0.2) is 14.2 Å². The number of ether oxygens (including phenoxy) is 1. The molecule has 1 N–H and O–H groups in total. The molecule has 0 unspecified atom stereocenters. The summed E-state index contributed by atoms with van der Waals surface area (Å²) in [6.45, 7) is 0. The van der Waals surface area contributed by atoms with Crippen molar-refractivity contribution in [2.75, 3.05) is 4.72 Å². The second-order valence-electron chi connectivity index (χ2n) is 3.96. The zero-order valence-electron chi connectivity index (χ0n) is 10.5. The van der Waals surface area contributed by atoms with Crippen LogP contribution >= 0.6 is 11.6 Å². The van der Waals surface area contributed by atoms with Crippen LogP contribution in [0.2, 0.25) is 5.02 Å². The van der Waals surface area contributed by atoms with E-state index in [1.807, 2.05) is 0 Å². The van der Waals surface area contributed by atoms with Crippen LogP contribution in [0.1, 0.15) is 0 Å². The standard InChI is InChI=1S/C13H10ClF2NO3S/c14-9-5-7-10(8-6-9)20-12-4-2-1-3-11(12)17-21(18,19)13(15)16/h1-8,13,17H. The van der Waals surface area contributed by atoms with E-state index in [0.717, 1.165) is 0 Å². The van der Waals surface area contributed by atoms with Gasteiger partial charge in [-0.3, -0.25) is 4.72 Å². The van der Waals surface area contributed by atoms with Gasteiger partial charge >= 0.3 is 5.76 Å². The molecular weight excluding hydrogens is 324 g/mol. The Hall–Kier alpha value is -1.86. The van der Waals surface area contributed by atoms with Crippen LogP contribution in [0.3, 0.4) is 0 Å². The highest BCUT2D eigenvalue weighted by Crippen LogP contribution is 2.31. The summed E-state index contributed by atoms with van der Waals surface area (Å²) < 4.78 is 54.5. The number of para-hydroxylation sites is 2. The van der Waals surface area contributed by atoms with Crippen LogP contribution < -0.4 is 9.46 Å². The lowest BCUT2D eigenvalue weighted by Gasteiger charge is -2.12. The summed E-state index contributed by atoms with van der Waals surface area (Å²) in [5.74, 6) is -3.03. The number of hydrogen-bond donors (Lipinski definition) is 1. The van der Waals surface area contributed by atoms with Crippen LogP contribution in [-0.2, 0) is 10.0 Å². The van der Waals surface area contributed by atoms with Crippen LogP contribution in [0.4, 0.5) is 14.5 Å². The first-order valence-corrected chi connectivity index (χ1v) is 7.63. The minimum absolute atomic E-state index is 0.0762. The first-order valence-electron chi connectivity index (χ1n) is 5.71. The lowest BCUT2D eigenvalue weighted by Crippen LogP contribution is -2.20. The summed E-state index contributed by atoms with van der Waals surface area (Å²) in [7, 11) is -4.76. The average molecular weight is 334 g/mol. The molecule has 0 aliphatic rings. The largest absolute Gasteiger partial charge is 0.455 e. The summed E-state index contributed by atoms with van der Waals surface area (Å²) in [4.78, 5) is 0. The Morgan fingerprint density at radius 3 is 2.29 bits per heavy atom. The van der Waals surface area contributed by atoms with E-state index in [9.17, 15) is 17.2 Å². The predicted octanol–water partition coefficient (Wildman–Crippen LogP) is 4.10. The first kappa shape index (κ1) is 15.5. The van der Waals surface area contributed by atoms with Gasteiger partial charge in [-0.05, 0) is 36.4 Å². The Kier molecular flexibility index (Phi) is 4.64. The molecule has 0 spiro atoms. The molecule has 0 fully saturated rings. The van der Waals surface area contributed by atoms with Crippen molar-refractivity contribution in [1.29, 1.82) is 0 Å². The number of sulfonamides is 1. The molecule has 0 heterocycles. The summed E-state index contributed by atoms with van der Waals surface area (Å²) >= 11 is 5.74. The van der Waals surface area contributed by atoms with Crippen molar-refractivity contribution in [3.63, 3.8) is 0 Å². The van der Waals surface area contributed by atoms with Gasteiger partial charge in [-0.2, -0.15) is 8.78 Å². The van der Waals surface area contributed by atoms with Gasteiger partial charge in [0.1, 0.15) is 5.75 Å². The Morgan fingerprint density at radius 1 is 1.05 bits per heavy atom. The van der Waals surface area contributed by atoms with Crippen LogP contribution in [0, 0.1) is 0 Å². The second kappa shape index (κ2) is 6.28. The van der Waals surface area contributed by atoms with E-state index in [4.69, 9.17) is 16.3 Å². The maximum atomic E-state index is 12.4. The van der Waals surface area contributed by atoms with Gasteiger partial charge in [-0.1, -0.05) is 23.7 Å². The molecule has 0 aromatic heterocycles. The van der Waals surface area contributed by atoms with Crippen molar-refractivity contribution in [1.82, 2.24) is 0 Å². The third kappa shape index (κ3) is 4.05. The minimum atomic E-state index is -4.76. The molecule has 0 amide bonds. The van der Waals surface area contributed by atoms with E-state index in [1.54, 1.807) is 35.1 Å². The summed E-state index contributed by atoms with van der Waals surface area (Å²) in [5, 5.41) is 0.508. The molecule has 0 aliphatic heterocycles. The van der Waals surface area contributed by atoms with Gasteiger partial charge in [-0.15, -0.1) is 0 Å². The van der Waals surface area contributed by atoms with Crippen molar-refractivity contribution >= 4 is 27.3 Å². The van der Waals surface area contributed by atoms with Crippen molar-refractivity contribution < 1.29 is 21.9 Å². The van der Waals surface area contributed by atoms with E-state index in [2.05, 4.69) is 0 Å². The third-order valence-electron chi connectivity index (χ3n) is 2.42. The highest BCUT2D eigenvalue weighted by molar-refractivity contribution is 7.93. The van der Waals surface area contributed by atoms with E-state index >= 15 is 0 Å². The second-order valence-corrected chi connectivity index (χ2v) is 6.05. The van der Waals surface area contributed by atoms with Crippen molar-refractivity contribution in [2.24, 2.45) is 0 Å². The van der Waals surface area contributed by atoms with E-state index in [-0.39, 0.29) is 11.4 Å². The van der Waals surface area contributed by atoms with Gasteiger partial charge in [0.2, 0.25) is 0 Å². The number of alkyl halides is 2. The quantitative estimate of drug-likeness (QED) is 0.896. The number of benzene rings is 2. The molecule has 4 nitrogen and oxygen atoms in total.